The van der Waals surface area contributed by atoms with Gasteiger partial charge in [0.1, 0.15) is 11.5 Å². The first kappa shape index (κ1) is 14.2. The third-order valence-corrected chi connectivity index (χ3v) is 2.74. The van der Waals surface area contributed by atoms with E-state index < -0.39 is 6.36 Å². The lowest BCUT2D eigenvalue weighted by molar-refractivity contribution is -0.274. The summed E-state index contributed by atoms with van der Waals surface area (Å²) < 4.78 is 44.8. The fourth-order valence-electron chi connectivity index (χ4n) is 1.72. The Hall–Kier alpha value is -2.18. The van der Waals surface area contributed by atoms with Crippen molar-refractivity contribution < 1.29 is 22.4 Å². The highest BCUT2D eigenvalue weighted by Crippen LogP contribution is 2.24. The van der Waals surface area contributed by atoms with Crippen LogP contribution in [0, 0.1) is 13.8 Å². The van der Waals surface area contributed by atoms with E-state index in [1.54, 1.807) is 6.92 Å². The largest absolute Gasteiger partial charge is 0.573 e. The molecule has 4 nitrogen and oxygen atoms in total. The molecule has 0 saturated carbocycles. The van der Waals surface area contributed by atoms with E-state index in [-0.39, 0.29) is 5.75 Å². The van der Waals surface area contributed by atoms with Gasteiger partial charge in [0.05, 0.1) is 5.69 Å². The Kier molecular flexibility index (Phi) is 3.87. The number of nitrogens with one attached hydrogen (secondary N) is 1. The van der Waals surface area contributed by atoms with Gasteiger partial charge in [-0.05, 0) is 38.1 Å². The Morgan fingerprint density at radius 3 is 2.35 bits per heavy atom. The maximum Gasteiger partial charge on any atom is 0.573 e. The first-order valence-electron chi connectivity index (χ1n) is 5.86. The maximum atomic E-state index is 12.0. The number of anilines is 1. The Morgan fingerprint density at radius 2 is 1.85 bits per heavy atom. The molecular formula is C13H13F3N2O2. The number of aryl methyl sites for hydroxylation is 2. The predicted octanol–water partition coefficient (Wildman–Crippen LogP) is 3.80. The fraction of sp³-hybridized carbons (Fsp3) is 0.308. The van der Waals surface area contributed by atoms with Crippen molar-refractivity contribution in [1.29, 1.82) is 0 Å². The molecule has 0 aliphatic heterocycles. The molecule has 2 aromatic rings. The second-order valence-corrected chi connectivity index (χ2v) is 4.23. The van der Waals surface area contributed by atoms with E-state index in [9.17, 15) is 13.2 Å². The van der Waals surface area contributed by atoms with Crippen LogP contribution in [0.15, 0.2) is 28.8 Å². The van der Waals surface area contributed by atoms with Crippen LogP contribution in [0.3, 0.4) is 0 Å². The lowest BCUT2D eigenvalue weighted by Gasteiger charge is -2.10. The van der Waals surface area contributed by atoms with E-state index >= 15 is 0 Å². The fourth-order valence-corrected chi connectivity index (χ4v) is 1.72. The number of hydrogen-bond donors (Lipinski definition) is 1. The predicted molar refractivity (Wildman–Crippen MR) is 66.4 cm³/mol. The number of aromatic nitrogens is 1. The first-order valence-corrected chi connectivity index (χ1v) is 5.86. The van der Waals surface area contributed by atoms with Gasteiger partial charge in [-0.2, -0.15) is 0 Å². The molecule has 0 aliphatic carbocycles. The Morgan fingerprint density at radius 1 is 1.20 bits per heavy atom. The monoisotopic (exact) mass is 286 g/mol. The second-order valence-electron chi connectivity index (χ2n) is 4.23. The Balaban J connectivity index is 1.98. The van der Waals surface area contributed by atoms with Crippen molar-refractivity contribution in [2.75, 3.05) is 5.32 Å². The number of benzene rings is 1. The van der Waals surface area contributed by atoms with Crippen LogP contribution in [0.5, 0.6) is 5.75 Å². The molecule has 0 saturated heterocycles. The van der Waals surface area contributed by atoms with Crippen molar-refractivity contribution >= 4 is 5.69 Å². The summed E-state index contributed by atoms with van der Waals surface area (Å²) in [5, 5.41) is 6.90. The van der Waals surface area contributed by atoms with Gasteiger partial charge < -0.3 is 14.6 Å². The smallest absolute Gasteiger partial charge is 0.406 e. The van der Waals surface area contributed by atoms with Gasteiger partial charge in [-0.3, -0.25) is 0 Å². The summed E-state index contributed by atoms with van der Waals surface area (Å²) in [4.78, 5) is 0. The standard InChI is InChI=1S/C13H13F3N2O2/c1-8-12(9(2)20-18-8)7-17-10-3-5-11(6-4-10)19-13(14,15)16/h3-6,17H,7H2,1-2H3. The Labute approximate surface area is 113 Å². The van der Waals surface area contributed by atoms with E-state index in [1.165, 1.54) is 24.3 Å². The number of nitrogens with zero attached hydrogens (tertiary/aromatic N) is 1. The summed E-state index contributed by atoms with van der Waals surface area (Å²) in [6, 6.07) is 5.53. The molecule has 0 radical (unpaired) electrons. The van der Waals surface area contributed by atoms with Crippen LogP contribution in [0.1, 0.15) is 17.0 Å². The molecule has 2 rings (SSSR count). The topological polar surface area (TPSA) is 47.3 Å². The van der Waals surface area contributed by atoms with Crippen LogP contribution < -0.4 is 10.1 Å². The second kappa shape index (κ2) is 5.44. The number of halogens is 3. The van der Waals surface area contributed by atoms with Crippen LogP contribution in [-0.4, -0.2) is 11.5 Å². The van der Waals surface area contributed by atoms with Crippen molar-refractivity contribution in [2.24, 2.45) is 0 Å². The molecule has 0 fully saturated rings. The van der Waals surface area contributed by atoms with Gasteiger partial charge >= 0.3 is 6.36 Å². The van der Waals surface area contributed by atoms with Gasteiger partial charge in [0.2, 0.25) is 0 Å². The van der Waals surface area contributed by atoms with Crippen molar-refractivity contribution in [3.8, 4) is 5.75 Å². The summed E-state index contributed by atoms with van der Waals surface area (Å²) in [5.74, 6) is 0.465. The van der Waals surface area contributed by atoms with E-state index in [0.717, 1.165) is 11.3 Å². The number of hydrogen-bond acceptors (Lipinski definition) is 4. The van der Waals surface area contributed by atoms with E-state index in [2.05, 4.69) is 15.2 Å². The summed E-state index contributed by atoms with van der Waals surface area (Å²) in [6.07, 6.45) is -4.67. The van der Waals surface area contributed by atoms with Gasteiger partial charge in [0, 0.05) is 17.8 Å². The van der Waals surface area contributed by atoms with Crippen molar-refractivity contribution in [3.05, 3.63) is 41.3 Å². The minimum atomic E-state index is -4.67. The average molecular weight is 286 g/mol. The molecule has 1 heterocycles. The molecule has 1 aromatic heterocycles. The molecule has 0 unspecified atom stereocenters. The van der Waals surface area contributed by atoms with Gasteiger partial charge in [0.25, 0.3) is 0 Å². The minimum absolute atomic E-state index is 0.250. The van der Waals surface area contributed by atoms with Crippen molar-refractivity contribution in [2.45, 2.75) is 26.8 Å². The lowest BCUT2D eigenvalue weighted by Crippen LogP contribution is -2.17. The van der Waals surface area contributed by atoms with Gasteiger partial charge in [-0.25, -0.2) is 0 Å². The van der Waals surface area contributed by atoms with Crippen LogP contribution in [0.25, 0.3) is 0 Å². The molecule has 1 aromatic carbocycles. The van der Waals surface area contributed by atoms with Crippen LogP contribution >= 0.6 is 0 Å². The minimum Gasteiger partial charge on any atom is -0.406 e. The summed E-state index contributed by atoms with van der Waals surface area (Å²) in [6.45, 7) is 4.12. The van der Waals surface area contributed by atoms with Gasteiger partial charge in [-0.15, -0.1) is 13.2 Å². The maximum absolute atomic E-state index is 12.0. The van der Waals surface area contributed by atoms with E-state index in [0.29, 0.717) is 18.0 Å². The average Bonchev–Trinajstić information content (AvgIpc) is 2.67. The lowest BCUT2D eigenvalue weighted by atomic mass is 10.2. The number of ether oxygens (including phenoxy) is 1. The number of rotatable bonds is 4. The molecule has 0 bridgehead atoms. The quantitative estimate of drug-likeness (QED) is 0.928. The molecule has 0 spiro atoms. The molecule has 20 heavy (non-hydrogen) atoms. The van der Waals surface area contributed by atoms with E-state index in [4.69, 9.17) is 4.52 Å². The highest BCUT2D eigenvalue weighted by atomic mass is 19.4. The third kappa shape index (κ3) is 3.66. The molecular weight excluding hydrogens is 273 g/mol. The molecule has 108 valence electrons. The number of alkyl halides is 3. The summed E-state index contributed by atoms with van der Waals surface area (Å²) in [7, 11) is 0. The normalized spacial score (nSPS) is 11.4. The Bertz CT molecular complexity index is 557. The van der Waals surface area contributed by atoms with Crippen molar-refractivity contribution in [1.82, 2.24) is 5.16 Å². The third-order valence-electron chi connectivity index (χ3n) is 2.74. The molecule has 0 atom stereocenters. The van der Waals surface area contributed by atoms with Gasteiger partial charge in [-0.1, -0.05) is 5.16 Å². The van der Waals surface area contributed by atoms with Crippen LogP contribution in [0.2, 0.25) is 0 Å². The highest BCUT2D eigenvalue weighted by Gasteiger charge is 2.30. The zero-order chi connectivity index (χ0) is 14.8. The zero-order valence-electron chi connectivity index (χ0n) is 10.9. The summed E-state index contributed by atoms with van der Waals surface area (Å²) >= 11 is 0. The molecule has 0 amide bonds. The van der Waals surface area contributed by atoms with Gasteiger partial charge in [0.15, 0.2) is 0 Å². The van der Waals surface area contributed by atoms with Crippen LogP contribution in [-0.2, 0) is 6.54 Å². The van der Waals surface area contributed by atoms with Crippen LogP contribution in [0.4, 0.5) is 18.9 Å². The highest BCUT2D eigenvalue weighted by molar-refractivity contribution is 5.47. The molecule has 7 heteroatoms. The first-order chi connectivity index (χ1) is 9.35. The SMILES string of the molecule is Cc1noc(C)c1CNc1ccc(OC(F)(F)F)cc1. The summed E-state index contributed by atoms with van der Waals surface area (Å²) in [5.41, 5.74) is 2.40. The molecule has 0 aliphatic rings. The molecule has 1 N–H and O–H groups in total. The zero-order valence-corrected chi connectivity index (χ0v) is 10.9. The van der Waals surface area contributed by atoms with Crippen molar-refractivity contribution in [3.63, 3.8) is 0 Å². The van der Waals surface area contributed by atoms with E-state index in [1.807, 2.05) is 6.92 Å².